The lowest BCUT2D eigenvalue weighted by atomic mass is 9.97. The molecule has 2 rings (SSSR count). The molecule has 1 aliphatic rings. The Morgan fingerprint density at radius 1 is 1.39 bits per heavy atom. The Labute approximate surface area is 105 Å². The zero-order valence-corrected chi connectivity index (χ0v) is 9.87. The van der Waals surface area contributed by atoms with E-state index in [9.17, 15) is 9.59 Å². The Morgan fingerprint density at radius 2 is 2.06 bits per heavy atom. The lowest BCUT2D eigenvalue weighted by Gasteiger charge is -2.38. The molecule has 0 aliphatic carbocycles. The van der Waals surface area contributed by atoms with Crippen molar-refractivity contribution in [3.8, 4) is 0 Å². The lowest BCUT2D eigenvalue weighted by molar-refractivity contribution is -0.139. The second-order valence-electron chi connectivity index (χ2n) is 4.38. The van der Waals surface area contributed by atoms with Crippen LogP contribution in [0.4, 0.5) is 4.79 Å². The van der Waals surface area contributed by atoms with Crippen LogP contribution in [-0.4, -0.2) is 40.1 Å². The van der Waals surface area contributed by atoms with E-state index in [1.54, 1.807) is 17.3 Å². The fraction of sp³-hybridized carbons (Fsp3) is 0.417. The van der Waals surface area contributed by atoms with Gasteiger partial charge >= 0.3 is 12.0 Å². The molecule has 1 aliphatic heterocycles. The van der Waals surface area contributed by atoms with Crippen molar-refractivity contribution >= 4 is 12.0 Å². The largest absolute Gasteiger partial charge is 0.481 e. The maximum atomic E-state index is 11.7. The standard InChI is InChI=1S/C12H15N3O3/c16-11(17)5-10-7-15(8-10)12(18)14-6-9-1-3-13-4-2-9/h1-4,10H,5-8H2,(H,14,18)(H,16,17). The number of aromatic nitrogens is 1. The van der Waals surface area contributed by atoms with Gasteiger partial charge in [-0.2, -0.15) is 0 Å². The second-order valence-corrected chi connectivity index (χ2v) is 4.38. The first-order valence-electron chi connectivity index (χ1n) is 5.78. The average Bonchev–Trinajstić information content (AvgIpc) is 2.31. The number of hydrogen-bond acceptors (Lipinski definition) is 3. The number of rotatable bonds is 4. The van der Waals surface area contributed by atoms with Gasteiger partial charge in [-0.25, -0.2) is 4.79 Å². The van der Waals surface area contributed by atoms with Crippen LogP contribution in [0.2, 0.25) is 0 Å². The second kappa shape index (κ2) is 5.48. The van der Waals surface area contributed by atoms with Crippen molar-refractivity contribution in [2.75, 3.05) is 13.1 Å². The third-order valence-electron chi connectivity index (χ3n) is 2.90. The van der Waals surface area contributed by atoms with Crippen molar-refractivity contribution in [3.05, 3.63) is 30.1 Å². The van der Waals surface area contributed by atoms with Gasteiger partial charge in [-0.05, 0) is 17.7 Å². The number of carbonyl (C=O) groups excluding carboxylic acids is 1. The molecule has 6 heteroatoms. The summed E-state index contributed by atoms with van der Waals surface area (Å²) in [5, 5.41) is 11.4. The van der Waals surface area contributed by atoms with Crippen LogP contribution in [0.3, 0.4) is 0 Å². The van der Waals surface area contributed by atoms with Gasteiger partial charge in [0.15, 0.2) is 0 Å². The molecule has 0 spiro atoms. The summed E-state index contributed by atoms with van der Waals surface area (Å²) in [5.41, 5.74) is 0.987. The van der Waals surface area contributed by atoms with Crippen molar-refractivity contribution in [3.63, 3.8) is 0 Å². The first kappa shape index (κ1) is 12.3. The highest BCUT2D eigenvalue weighted by Gasteiger charge is 2.31. The molecule has 2 amide bonds. The minimum atomic E-state index is -0.808. The highest BCUT2D eigenvalue weighted by Crippen LogP contribution is 2.18. The molecule has 2 heterocycles. The first-order chi connectivity index (χ1) is 8.65. The molecule has 0 radical (unpaired) electrons. The Kier molecular flexibility index (Phi) is 3.76. The van der Waals surface area contributed by atoms with Gasteiger partial charge in [-0.15, -0.1) is 0 Å². The van der Waals surface area contributed by atoms with E-state index >= 15 is 0 Å². The van der Waals surface area contributed by atoms with E-state index in [4.69, 9.17) is 5.11 Å². The summed E-state index contributed by atoms with van der Waals surface area (Å²) in [4.78, 5) is 27.7. The first-order valence-corrected chi connectivity index (χ1v) is 5.78. The van der Waals surface area contributed by atoms with E-state index in [1.807, 2.05) is 12.1 Å². The molecule has 1 aromatic heterocycles. The number of nitrogens with one attached hydrogen (secondary N) is 1. The van der Waals surface area contributed by atoms with Crippen molar-refractivity contribution in [1.82, 2.24) is 15.2 Å². The van der Waals surface area contributed by atoms with Crippen LogP contribution in [-0.2, 0) is 11.3 Å². The molecule has 18 heavy (non-hydrogen) atoms. The van der Waals surface area contributed by atoms with Crippen LogP contribution in [0.25, 0.3) is 0 Å². The minimum absolute atomic E-state index is 0.0918. The number of hydrogen-bond donors (Lipinski definition) is 2. The van der Waals surface area contributed by atoms with E-state index in [0.29, 0.717) is 19.6 Å². The van der Waals surface area contributed by atoms with Crippen LogP contribution < -0.4 is 5.32 Å². The summed E-state index contributed by atoms with van der Waals surface area (Å²) < 4.78 is 0. The van der Waals surface area contributed by atoms with E-state index in [1.165, 1.54) is 0 Å². The summed E-state index contributed by atoms with van der Waals surface area (Å²) in [6.45, 7) is 1.50. The number of nitrogens with zero attached hydrogens (tertiary/aromatic N) is 2. The fourth-order valence-electron chi connectivity index (χ4n) is 1.90. The van der Waals surface area contributed by atoms with E-state index in [-0.39, 0.29) is 18.4 Å². The molecule has 0 unspecified atom stereocenters. The molecule has 0 bridgehead atoms. The third kappa shape index (κ3) is 3.19. The quantitative estimate of drug-likeness (QED) is 0.822. The number of likely N-dealkylation sites (tertiary alicyclic amines) is 1. The van der Waals surface area contributed by atoms with Crippen molar-refractivity contribution in [1.29, 1.82) is 0 Å². The Morgan fingerprint density at radius 3 is 2.67 bits per heavy atom. The van der Waals surface area contributed by atoms with E-state index in [0.717, 1.165) is 5.56 Å². The van der Waals surface area contributed by atoms with Crippen molar-refractivity contribution < 1.29 is 14.7 Å². The van der Waals surface area contributed by atoms with E-state index < -0.39 is 5.97 Å². The average molecular weight is 249 g/mol. The SMILES string of the molecule is O=C(O)CC1CN(C(=O)NCc2ccncc2)C1. The molecule has 0 saturated carbocycles. The summed E-state index contributed by atoms with van der Waals surface area (Å²) in [6, 6.07) is 3.53. The number of urea groups is 1. The van der Waals surface area contributed by atoms with Crippen LogP contribution in [0.5, 0.6) is 0 Å². The molecular weight excluding hydrogens is 234 g/mol. The van der Waals surface area contributed by atoms with Crippen LogP contribution >= 0.6 is 0 Å². The molecule has 1 fully saturated rings. The summed E-state index contributed by atoms with van der Waals surface area (Å²) >= 11 is 0. The summed E-state index contributed by atoms with van der Waals surface area (Å²) in [7, 11) is 0. The Bertz CT molecular complexity index is 429. The van der Waals surface area contributed by atoms with Crippen molar-refractivity contribution in [2.45, 2.75) is 13.0 Å². The maximum Gasteiger partial charge on any atom is 0.317 e. The lowest BCUT2D eigenvalue weighted by Crippen LogP contribution is -2.54. The third-order valence-corrected chi connectivity index (χ3v) is 2.90. The smallest absolute Gasteiger partial charge is 0.317 e. The fourth-order valence-corrected chi connectivity index (χ4v) is 1.90. The highest BCUT2D eigenvalue weighted by molar-refractivity contribution is 5.75. The predicted octanol–water partition coefficient (Wildman–Crippen LogP) is 0.698. The molecule has 0 atom stereocenters. The molecule has 96 valence electrons. The molecule has 0 aromatic carbocycles. The normalized spacial score (nSPS) is 15.0. The van der Waals surface area contributed by atoms with Gasteiger partial charge in [-0.1, -0.05) is 0 Å². The monoisotopic (exact) mass is 249 g/mol. The zero-order chi connectivity index (χ0) is 13.0. The van der Waals surface area contributed by atoms with Gasteiger partial charge in [0.05, 0.1) is 6.42 Å². The van der Waals surface area contributed by atoms with Gasteiger partial charge in [0, 0.05) is 37.9 Å². The van der Waals surface area contributed by atoms with Crippen LogP contribution in [0.15, 0.2) is 24.5 Å². The number of carbonyl (C=O) groups is 2. The number of carboxylic acid groups (broad SMARTS) is 1. The predicted molar refractivity (Wildman–Crippen MR) is 63.8 cm³/mol. The number of amides is 2. The maximum absolute atomic E-state index is 11.7. The zero-order valence-electron chi connectivity index (χ0n) is 9.87. The molecule has 1 aromatic rings. The highest BCUT2D eigenvalue weighted by atomic mass is 16.4. The van der Waals surface area contributed by atoms with E-state index in [2.05, 4.69) is 10.3 Å². The van der Waals surface area contributed by atoms with Gasteiger partial charge < -0.3 is 15.3 Å². The topological polar surface area (TPSA) is 82.5 Å². The van der Waals surface area contributed by atoms with Crippen LogP contribution in [0.1, 0.15) is 12.0 Å². The summed E-state index contributed by atoms with van der Waals surface area (Å²) in [6.07, 6.45) is 3.48. The van der Waals surface area contributed by atoms with Gasteiger partial charge in [0.2, 0.25) is 0 Å². The number of carboxylic acids is 1. The molecular formula is C12H15N3O3. The molecule has 1 saturated heterocycles. The number of aliphatic carboxylic acids is 1. The Hall–Kier alpha value is -2.11. The Balaban J connectivity index is 1.70. The van der Waals surface area contributed by atoms with Gasteiger partial charge in [0.1, 0.15) is 0 Å². The minimum Gasteiger partial charge on any atom is -0.481 e. The van der Waals surface area contributed by atoms with Gasteiger partial charge in [-0.3, -0.25) is 9.78 Å². The van der Waals surface area contributed by atoms with Crippen molar-refractivity contribution in [2.24, 2.45) is 5.92 Å². The molecule has 6 nitrogen and oxygen atoms in total. The van der Waals surface area contributed by atoms with Crippen LogP contribution in [0, 0.1) is 5.92 Å². The van der Waals surface area contributed by atoms with Gasteiger partial charge in [0.25, 0.3) is 0 Å². The molecule has 2 N–H and O–H groups in total. The number of pyridine rings is 1. The summed E-state index contributed by atoms with van der Waals surface area (Å²) in [5.74, 6) is -0.717.